The van der Waals surface area contributed by atoms with Gasteiger partial charge in [-0.15, -0.1) is 0 Å². The van der Waals surface area contributed by atoms with Crippen LogP contribution in [-0.2, 0) is 19.0 Å². The third kappa shape index (κ3) is 5.45. The summed E-state index contributed by atoms with van der Waals surface area (Å²) in [6.45, 7) is 3.74. The maximum Gasteiger partial charge on any atom is 0.410 e. The van der Waals surface area contributed by atoms with E-state index in [1.54, 1.807) is 6.20 Å². The van der Waals surface area contributed by atoms with Gasteiger partial charge in [-0.05, 0) is 23.7 Å². The van der Waals surface area contributed by atoms with Gasteiger partial charge in [-0.1, -0.05) is 18.7 Å². The van der Waals surface area contributed by atoms with Crippen molar-refractivity contribution in [1.29, 1.82) is 0 Å². The molecular weight excluding hydrogens is 340 g/mol. The van der Waals surface area contributed by atoms with Gasteiger partial charge in [-0.3, -0.25) is 9.08 Å². The summed E-state index contributed by atoms with van der Waals surface area (Å²) in [5.74, 6) is 0. The highest BCUT2D eigenvalue weighted by atomic mass is 32.2. The maximum atomic E-state index is 12.1. The second-order valence-electron chi connectivity index (χ2n) is 5.02. The van der Waals surface area contributed by atoms with Crippen LogP contribution >= 0.6 is 11.5 Å². The molecule has 0 bridgehead atoms. The summed E-state index contributed by atoms with van der Waals surface area (Å²) >= 11 is 1.33. The van der Waals surface area contributed by atoms with Crippen LogP contribution in [-0.4, -0.2) is 55.3 Å². The van der Waals surface area contributed by atoms with E-state index in [9.17, 15) is 13.2 Å². The van der Waals surface area contributed by atoms with Gasteiger partial charge in [0.15, 0.2) is 0 Å². The lowest BCUT2D eigenvalue weighted by Gasteiger charge is -2.20. The zero-order valence-electron chi connectivity index (χ0n) is 12.6. The molecule has 9 heteroatoms. The Bertz CT molecular complexity index is 669. The predicted octanol–water partition coefficient (Wildman–Crippen LogP) is 1.90. The van der Waals surface area contributed by atoms with Gasteiger partial charge in [0.05, 0.1) is 24.9 Å². The predicted molar refractivity (Wildman–Crippen MR) is 87.5 cm³/mol. The quantitative estimate of drug-likeness (QED) is 0.570. The Kier molecular flexibility index (Phi) is 5.91. The van der Waals surface area contributed by atoms with Crippen molar-refractivity contribution in [2.75, 3.05) is 19.4 Å². The molecule has 1 aliphatic rings. The average Bonchev–Trinajstić information content (AvgIpc) is 3.10. The number of carbonyl (C=O) groups is 1. The number of nitrogens with zero attached hydrogens (tertiary/aromatic N) is 2. The zero-order chi connectivity index (χ0) is 16.9. The molecule has 0 aliphatic carbocycles. The molecule has 0 spiro atoms. The standard InChI is InChI=1S/C14H18N2O5S2/c1-3-8-20-14(17)16-10-12(21-23(2,18)19)9-11(16)4-5-13-6-7-15-22-13/h3-7,11-12H,1,8-10H2,2H3/b5-4+/t11-,12-/m1/s1. The molecule has 1 saturated heterocycles. The van der Waals surface area contributed by atoms with Gasteiger partial charge in [0, 0.05) is 17.5 Å². The lowest BCUT2D eigenvalue weighted by molar-refractivity contribution is 0.109. The Hall–Kier alpha value is -1.71. The second-order valence-corrected chi connectivity index (χ2v) is 7.48. The topological polar surface area (TPSA) is 85.8 Å². The van der Waals surface area contributed by atoms with E-state index >= 15 is 0 Å². The van der Waals surface area contributed by atoms with Crippen LogP contribution in [0.25, 0.3) is 6.08 Å². The summed E-state index contributed by atoms with van der Waals surface area (Å²) in [4.78, 5) is 14.5. The van der Waals surface area contributed by atoms with Crippen LogP contribution in [0.3, 0.4) is 0 Å². The van der Waals surface area contributed by atoms with E-state index in [1.807, 2.05) is 18.2 Å². The van der Waals surface area contributed by atoms with Gasteiger partial charge in [0.25, 0.3) is 10.1 Å². The number of hydrogen-bond acceptors (Lipinski definition) is 7. The molecule has 126 valence electrons. The summed E-state index contributed by atoms with van der Waals surface area (Å²) < 4.78 is 36.6. The highest BCUT2D eigenvalue weighted by Crippen LogP contribution is 2.24. The maximum absolute atomic E-state index is 12.1. The van der Waals surface area contributed by atoms with Crippen molar-refractivity contribution in [3.8, 4) is 0 Å². The van der Waals surface area contributed by atoms with E-state index in [2.05, 4.69) is 11.0 Å². The molecule has 7 nitrogen and oxygen atoms in total. The second kappa shape index (κ2) is 7.71. The first-order valence-corrected chi connectivity index (χ1v) is 9.49. The van der Waals surface area contributed by atoms with Crippen LogP contribution in [0.4, 0.5) is 4.79 Å². The molecule has 2 rings (SSSR count). The highest BCUT2D eigenvalue weighted by Gasteiger charge is 2.37. The van der Waals surface area contributed by atoms with Crippen molar-refractivity contribution in [2.24, 2.45) is 0 Å². The first kappa shape index (κ1) is 17.6. The summed E-state index contributed by atoms with van der Waals surface area (Å²) in [6, 6.07) is 1.54. The average molecular weight is 358 g/mol. The third-order valence-corrected chi connectivity index (χ3v) is 4.45. The molecule has 0 unspecified atom stereocenters. The van der Waals surface area contributed by atoms with Crippen LogP contribution in [0.15, 0.2) is 31.0 Å². The Labute approximate surface area is 139 Å². The Morgan fingerprint density at radius 1 is 1.61 bits per heavy atom. The lowest BCUT2D eigenvalue weighted by atomic mass is 10.2. The summed E-state index contributed by atoms with van der Waals surface area (Å²) in [5, 5.41) is 0. The highest BCUT2D eigenvalue weighted by molar-refractivity contribution is 7.86. The van der Waals surface area contributed by atoms with Gasteiger partial charge in [0.1, 0.15) is 6.61 Å². The van der Waals surface area contributed by atoms with E-state index in [4.69, 9.17) is 8.92 Å². The number of ether oxygens (including phenoxy) is 1. The number of rotatable bonds is 6. The first-order valence-electron chi connectivity index (χ1n) is 6.90. The van der Waals surface area contributed by atoms with Crippen molar-refractivity contribution in [2.45, 2.75) is 18.6 Å². The molecule has 1 aliphatic heterocycles. The largest absolute Gasteiger partial charge is 0.445 e. The third-order valence-electron chi connectivity index (χ3n) is 3.12. The van der Waals surface area contributed by atoms with Crippen LogP contribution < -0.4 is 0 Å². The molecule has 2 atom stereocenters. The SMILES string of the molecule is C=CCOC(=O)N1C[C@H](OS(C)(=O)=O)C[C@H]1/C=C/c1ccns1. The molecule has 0 N–H and O–H groups in total. The van der Waals surface area contributed by atoms with Gasteiger partial charge in [-0.25, -0.2) is 9.17 Å². The molecule has 1 amide bonds. The molecular formula is C14H18N2O5S2. The molecule has 0 saturated carbocycles. The molecule has 0 aromatic carbocycles. The van der Waals surface area contributed by atoms with E-state index in [0.29, 0.717) is 6.42 Å². The fourth-order valence-corrected chi connectivity index (χ4v) is 3.40. The Balaban J connectivity index is 2.10. The number of carbonyl (C=O) groups excluding carboxylic acids is 1. The summed E-state index contributed by atoms with van der Waals surface area (Å²) in [6.07, 6.45) is 7.10. The number of likely N-dealkylation sites (tertiary alicyclic amines) is 1. The minimum atomic E-state index is -3.58. The number of aromatic nitrogens is 1. The fourth-order valence-electron chi connectivity index (χ4n) is 2.27. The summed E-state index contributed by atoms with van der Waals surface area (Å²) in [7, 11) is -3.58. The van der Waals surface area contributed by atoms with Crippen LogP contribution in [0.5, 0.6) is 0 Å². The van der Waals surface area contributed by atoms with E-state index in [1.165, 1.54) is 22.5 Å². The van der Waals surface area contributed by atoms with E-state index in [0.717, 1.165) is 11.1 Å². The molecule has 1 aromatic heterocycles. The lowest BCUT2D eigenvalue weighted by Crippen LogP contribution is -2.35. The molecule has 1 aromatic rings. The van der Waals surface area contributed by atoms with Gasteiger partial charge in [0.2, 0.25) is 0 Å². The Morgan fingerprint density at radius 3 is 3.00 bits per heavy atom. The first-order chi connectivity index (χ1) is 10.9. The fraction of sp³-hybridized carbons (Fsp3) is 0.429. The van der Waals surface area contributed by atoms with Crippen molar-refractivity contribution in [1.82, 2.24) is 9.27 Å². The van der Waals surface area contributed by atoms with Gasteiger partial charge in [-0.2, -0.15) is 8.42 Å². The molecule has 0 radical (unpaired) electrons. The normalized spacial score (nSPS) is 21.7. The number of amides is 1. The van der Waals surface area contributed by atoms with Crippen LogP contribution in [0, 0.1) is 0 Å². The minimum absolute atomic E-state index is 0.0954. The number of hydrogen-bond donors (Lipinski definition) is 0. The zero-order valence-corrected chi connectivity index (χ0v) is 14.3. The van der Waals surface area contributed by atoms with Crippen LogP contribution in [0.1, 0.15) is 11.3 Å². The molecule has 1 fully saturated rings. The summed E-state index contributed by atoms with van der Waals surface area (Å²) in [5.41, 5.74) is 0. The van der Waals surface area contributed by atoms with E-state index < -0.39 is 22.3 Å². The van der Waals surface area contributed by atoms with Crippen molar-refractivity contribution >= 4 is 33.8 Å². The van der Waals surface area contributed by atoms with Gasteiger partial charge >= 0.3 is 6.09 Å². The van der Waals surface area contributed by atoms with E-state index in [-0.39, 0.29) is 19.2 Å². The van der Waals surface area contributed by atoms with Gasteiger partial charge < -0.3 is 4.74 Å². The van der Waals surface area contributed by atoms with Crippen LogP contribution in [0.2, 0.25) is 0 Å². The Morgan fingerprint density at radius 2 is 2.39 bits per heavy atom. The minimum Gasteiger partial charge on any atom is -0.445 e. The van der Waals surface area contributed by atoms with Crippen molar-refractivity contribution in [3.63, 3.8) is 0 Å². The monoisotopic (exact) mass is 358 g/mol. The molecule has 2 heterocycles. The smallest absolute Gasteiger partial charge is 0.410 e. The van der Waals surface area contributed by atoms with Crippen molar-refractivity contribution in [3.05, 3.63) is 35.9 Å². The van der Waals surface area contributed by atoms with Crippen molar-refractivity contribution < 1.29 is 22.1 Å². The molecule has 23 heavy (non-hydrogen) atoms.